The third-order valence-electron chi connectivity index (χ3n) is 7.71. The Kier molecular flexibility index (Phi) is 5.99. The molecular formula is C28H30N4O3S. The topological polar surface area (TPSA) is 76.7 Å². The van der Waals surface area contributed by atoms with Crippen LogP contribution in [0.4, 0.5) is 0 Å². The van der Waals surface area contributed by atoms with E-state index in [1.165, 1.54) is 11.8 Å². The van der Waals surface area contributed by atoms with Gasteiger partial charge in [-0.1, -0.05) is 36.4 Å². The highest BCUT2D eigenvalue weighted by Gasteiger charge is 2.60. The van der Waals surface area contributed by atoms with Gasteiger partial charge in [0.15, 0.2) is 0 Å². The van der Waals surface area contributed by atoms with Crippen molar-refractivity contribution in [2.24, 2.45) is 5.92 Å². The third kappa shape index (κ3) is 4.07. The van der Waals surface area contributed by atoms with Gasteiger partial charge >= 0.3 is 0 Å². The van der Waals surface area contributed by atoms with Crippen molar-refractivity contribution in [3.8, 4) is 0 Å². The Bertz CT molecular complexity index is 1280. The first kappa shape index (κ1) is 23.2. The fourth-order valence-corrected chi connectivity index (χ4v) is 7.16. The highest BCUT2D eigenvalue weighted by molar-refractivity contribution is 8.01. The largest absolute Gasteiger partial charge is 0.361 e. The van der Waals surface area contributed by atoms with Crippen molar-refractivity contribution in [1.82, 2.24) is 19.7 Å². The first-order valence-corrected chi connectivity index (χ1v) is 13.5. The molecule has 1 aliphatic carbocycles. The normalized spacial score (nSPS) is 24.5. The van der Waals surface area contributed by atoms with Gasteiger partial charge in [0, 0.05) is 60.3 Å². The van der Waals surface area contributed by atoms with Crippen LogP contribution in [0.3, 0.4) is 0 Å². The van der Waals surface area contributed by atoms with Crippen molar-refractivity contribution in [2.45, 2.75) is 34.9 Å². The van der Waals surface area contributed by atoms with Crippen LogP contribution in [-0.4, -0.2) is 75.4 Å². The zero-order valence-corrected chi connectivity index (χ0v) is 21.0. The summed E-state index contributed by atoms with van der Waals surface area (Å²) < 4.78 is -0.998. The molecule has 3 heterocycles. The summed E-state index contributed by atoms with van der Waals surface area (Å²) in [4.78, 5) is 49.5. The number of benzene rings is 2. The average molecular weight is 503 g/mol. The lowest BCUT2D eigenvalue weighted by molar-refractivity contribution is -0.138. The summed E-state index contributed by atoms with van der Waals surface area (Å²) in [6, 6.07) is 17.7. The molecule has 1 aromatic heterocycles. The molecule has 3 amide bonds. The predicted octanol–water partition coefficient (Wildman–Crippen LogP) is 3.68. The lowest BCUT2D eigenvalue weighted by Gasteiger charge is -2.42. The van der Waals surface area contributed by atoms with E-state index in [2.05, 4.69) is 11.1 Å². The number of para-hydroxylation sites is 1. The van der Waals surface area contributed by atoms with Gasteiger partial charge in [0.2, 0.25) is 18.2 Å². The number of H-pyrrole nitrogens is 1. The number of piperazine rings is 1. The molecule has 1 saturated carbocycles. The first-order valence-electron chi connectivity index (χ1n) is 12.7. The van der Waals surface area contributed by atoms with Crippen LogP contribution in [0.1, 0.15) is 30.9 Å². The van der Waals surface area contributed by atoms with Crippen LogP contribution >= 0.6 is 11.8 Å². The smallest absolute Gasteiger partial charge is 0.242 e. The van der Waals surface area contributed by atoms with Crippen LogP contribution in [0.2, 0.25) is 0 Å². The van der Waals surface area contributed by atoms with E-state index in [4.69, 9.17) is 0 Å². The minimum atomic E-state index is -0.998. The minimum Gasteiger partial charge on any atom is -0.361 e. The molecule has 0 bridgehead atoms. The molecule has 2 saturated heterocycles. The molecule has 7 nitrogen and oxygen atoms in total. The van der Waals surface area contributed by atoms with Crippen molar-refractivity contribution in [2.75, 3.05) is 32.7 Å². The number of carbonyl (C=O) groups is 3. The molecule has 0 radical (unpaired) electrons. The number of nitrogens with one attached hydrogen (secondary N) is 1. The van der Waals surface area contributed by atoms with Crippen molar-refractivity contribution >= 4 is 40.9 Å². The molecule has 2 unspecified atom stereocenters. The van der Waals surface area contributed by atoms with Gasteiger partial charge in [-0.15, -0.1) is 11.8 Å². The average Bonchev–Trinajstić information content (AvgIpc) is 3.58. The standard InChI is InChI=1S/C28H30N4O3S/c33-19-30-12-14-31(15-13-30)27(35)28(36-21-6-2-1-3-7-21)16-25(34)32(18-20-10-11-20)26(28)23-17-29-24-9-5-4-8-22(23)24/h1-9,17,19-20,26,29H,10-16,18H2. The van der Waals surface area contributed by atoms with Gasteiger partial charge in [-0.3, -0.25) is 14.4 Å². The van der Waals surface area contributed by atoms with Crippen LogP contribution in [0.5, 0.6) is 0 Å². The molecule has 2 aromatic carbocycles. The Morgan fingerprint density at radius 3 is 2.47 bits per heavy atom. The maximum Gasteiger partial charge on any atom is 0.242 e. The number of nitrogens with zero attached hydrogens (tertiary/aromatic N) is 3. The van der Waals surface area contributed by atoms with E-state index >= 15 is 0 Å². The second-order valence-electron chi connectivity index (χ2n) is 10.1. The maximum absolute atomic E-state index is 14.6. The van der Waals surface area contributed by atoms with Crippen LogP contribution in [0, 0.1) is 5.92 Å². The summed E-state index contributed by atoms with van der Waals surface area (Å²) in [6.45, 7) is 2.67. The summed E-state index contributed by atoms with van der Waals surface area (Å²) in [6.07, 6.45) is 5.26. The summed E-state index contributed by atoms with van der Waals surface area (Å²) in [7, 11) is 0. The molecule has 3 aromatic rings. The Labute approximate surface area is 214 Å². The summed E-state index contributed by atoms with van der Waals surface area (Å²) >= 11 is 1.53. The Morgan fingerprint density at radius 1 is 1.03 bits per heavy atom. The number of thioether (sulfide) groups is 1. The van der Waals surface area contributed by atoms with Gasteiger partial charge in [0.1, 0.15) is 4.75 Å². The number of fused-ring (bicyclic) bond motifs is 1. The Morgan fingerprint density at radius 2 is 1.75 bits per heavy atom. The molecule has 2 aliphatic heterocycles. The Hall–Kier alpha value is -3.26. The molecule has 3 aliphatic rings. The predicted molar refractivity (Wildman–Crippen MR) is 139 cm³/mol. The van der Waals surface area contributed by atoms with Gasteiger partial charge in [0.05, 0.1) is 12.5 Å². The van der Waals surface area contributed by atoms with E-state index < -0.39 is 4.75 Å². The van der Waals surface area contributed by atoms with Crippen molar-refractivity contribution in [3.05, 3.63) is 66.4 Å². The fourth-order valence-electron chi connectivity index (χ4n) is 5.67. The van der Waals surface area contributed by atoms with Crippen LogP contribution in [0.25, 0.3) is 10.9 Å². The maximum atomic E-state index is 14.6. The van der Waals surface area contributed by atoms with Gasteiger partial charge in [0.25, 0.3) is 0 Å². The molecule has 0 spiro atoms. The lowest BCUT2D eigenvalue weighted by atomic mass is 9.90. The highest BCUT2D eigenvalue weighted by Crippen LogP contribution is 2.55. The van der Waals surface area contributed by atoms with Gasteiger partial charge < -0.3 is 19.7 Å². The molecule has 2 atom stereocenters. The van der Waals surface area contributed by atoms with E-state index in [0.717, 1.165) is 40.6 Å². The number of aromatic amines is 1. The number of hydrogen-bond donors (Lipinski definition) is 1. The third-order valence-corrected chi connectivity index (χ3v) is 9.13. The summed E-state index contributed by atoms with van der Waals surface area (Å²) in [5.74, 6) is 0.537. The summed E-state index contributed by atoms with van der Waals surface area (Å²) in [5, 5.41) is 1.05. The lowest BCUT2D eigenvalue weighted by Crippen LogP contribution is -2.56. The molecule has 1 N–H and O–H groups in total. The van der Waals surface area contributed by atoms with Gasteiger partial charge in [-0.25, -0.2) is 0 Å². The highest BCUT2D eigenvalue weighted by atomic mass is 32.2. The van der Waals surface area contributed by atoms with E-state index in [9.17, 15) is 14.4 Å². The SMILES string of the molecule is O=CN1CCN(C(=O)C2(Sc3ccccc3)CC(=O)N(CC3CC3)C2c2c[nH]c3ccccc23)CC1. The number of carbonyl (C=O) groups excluding carboxylic acids is 3. The van der Waals surface area contributed by atoms with Crippen molar-refractivity contribution in [3.63, 3.8) is 0 Å². The molecule has 6 rings (SSSR count). The first-order chi connectivity index (χ1) is 17.6. The number of rotatable bonds is 7. The van der Waals surface area contributed by atoms with Crippen molar-refractivity contribution in [1.29, 1.82) is 0 Å². The van der Waals surface area contributed by atoms with E-state index in [1.54, 1.807) is 4.90 Å². The van der Waals surface area contributed by atoms with E-state index in [-0.39, 0.29) is 24.3 Å². The van der Waals surface area contributed by atoms with E-state index in [0.29, 0.717) is 38.6 Å². The zero-order chi connectivity index (χ0) is 24.7. The molecule has 3 fully saturated rings. The summed E-state index contributed by atoms with van der Waals surface area (Å²) in [5.41, 5.74) is 2.00. The van der Waals surface area contributed by atoms with Crippen LogP contribution in [-0.2, 0) is 14.4 Å². The van der Waals surface area contributed by atoms with E-state index in [1.807, 2.05) is 64.5 Å². The Balaban J connectivity index is 1.48. The number of hydrogen-bond acceptors (Lipinski definition) is 4. The van der Waals surface area contributed by atoms with Gasteiger partial charge in [-0.05, 0) is 37.0 Å². The fraction of sp³-hybridized carbons (Fsp3) is 0.393. The zero-order valence-electron chi connectivity index (χ0n) is 20.1. The minimum absolute atomic E-state index is 0.0103. The van der Waals surface area contributed by atoms with Crippen molar-refractivity contribution < 1.29 is 14.4 Å². The van der Waals surface area contributed by atoms with Crippen LogP contribution in [0.15, 0.2) is 65.7 Å². The molecule has 36 heavy (non-hydrogen) atoms. The molecular weight excluding hydrogens is 472 g/mol. The monoisotopic (exact) mass is 502 g/mol. The molecule has 186 valence electrons. The number of aromatic nitrogens is 1. The second-order valence-corrected chi connectivity index (χ2v) is 11.5. The van der Waals surface area contributed by atoms with Gasteiger partial charge in [-0.2, -0.15) is 0 Å². The quantitative estimate of drug-likeness (QED) is 0.500. The molecule has 8 heteroatoms. The number of likely N-dealkylation sites (tertiary alicyclic amines) is 1. The number of amides is 3. The van der Waals surface area contributed by atoms with Crippen LogP contribution < -0.4 is 0 Å². The second kappa shape index (κ2) is 9.32.